The van der Waals surface area contributed by atoms with E-state index in [0.717, 1.165) is 16.8 Å². The van der Waals surface area contributed by atoms with E-state index in [1.165, 1.54) is 7.11 Å². The Bertz CT molecular complexity index is 1060. The summed E-state index contributed by atoms with van der Waals surface area (Å²) in [4.78, 5) is 12.6. The monoisotopic (exact) mass is 395 g/mol. The molecule has 29 heavy (non-hydrogen) atoms. The molecule has 1 aromatic carbocycles. The van der Waals surface area contributed by atoms with Gasteiger partial charge in [0.25, 0.3) is 0 Å². The van der Waals surface area contributed by atoms with Crippen LogP contribution in [0.1, 0.15) is 29.2 Å². The number of aromatic nitrogens is 4. The normalized spacial score (nSPS) is 15.4. The zero-order chi connectivity index (χ0) is 20.5. The maximum atomic E-state index is 12.6. The number of nitrogens with zero attached hydrogens (tertiary/aromatic N) is 4. The summed E-state index contributed by atoms with van der Waals surface area (Å²) in [7, 11) is 4.70. The quantitative estimate of drug-likeness (QED) is 0.708. The van der Waals surface area contributed by atoms with Gasteiger partial charge in [-0.3, -0.25) is 4.79 Å². The highest BCUT2D eigenvalue weighted by Gasteiger charge is 2.35. The highest BCUT2D eigenvalue weighted by atomic mass is 16.5. The van der Waals surface area contributed by atoms with Gasteiger partial charge in [0.15, 0.2) is 17.3 Å². The molecule has 1 aliphatic rings. The van der Waals surface area contributed by atoms with E-state index in [4.69, 9.17) is 14.2 Å². The Hall–Kier alpha value is -3.62. The number of carbonyl (C=O) groups is 1. The number of para-hydroxylation sites is 1. The molecule has 0 saturated carbocycles. The largest absolute Gasteiger partial charge is 0.493 e. The number of methoxy groups -OCH3 is 3. The van der Waals surface area contributed by atoms with Crippen LogP contribution in [-0.2, 0) is 4.79 Å². The molecule has 0 bridgehead atoms. The fourth-order valence-electron chi connectivity index (χ4n) is 3.70. The van der Waals surface area contributed by atoms with Crippen LogP contribution in [-0.4, -0.2) is 47.2 Å². The van der Waals surface area contributed by atoms with E-state index in [9.17, 15) is 4.79 Å². The van der Waals surface area contributed by atoms with Crippen molar-refractivity contribution < 1.29 is 19.0 Å². The first-order valence-electron chi connectivity index (χ1n) is 9.05. The predicted octanol–water partition coefficient (Wildman–Crippen LogP) is 2.47. The molecule has 0 radical (unpaired) electrons. The number of fused-ring (bicyclic) bond motifs is 1. The molecule has 150 valence electrons. The number of amides is 1. The summed E-state index contributed by atoms with van der Waals surface area (Å²) in [6.07, 6.45) is 0.275. The van der Waals surface area contributed by atoms with Crippen molar-refractivity contribution in [3.8, 4) is 23.2 Å². The lowest BCUT2D eigenvalue weighted by atomic mass is 9.85. The lowest BCUT2D eigenvalue weighted by Crippen LogP contribution is -2.25. The Labute approximate surface area is 167 Å². The topological polar surface area (TPSA) is 100 Å². The molecule has 0 aliphatic carbocycles. The lowest BCUT2D eigenvalue weighted by molar-refractivity contribution is -0.116. The number of hydrogen-bond donors (Lipinski definition) is 1. The number of ether oxygens (including phenoxy) is 3. The Morgan fingerprint density at radius 1 is 1.07 bits per heavy atom. The second-order valence-corrected chi connectivity index (χ2v) is 6.58. The van der Waals surface area contributed by atoms with E-state index < -0.39 is 0 Å². The third-order valence-corrected chi connectivity index (χ3v) is 4.96. The maximum absolute atomic E-state index is 12.6. The van der Waals surface area contributed by atoms with Crippen LogP contribution in [0.25, 0.3) is 5.82 Å². The third-order valence-electron chi connectivity index (χ3n) is 4.96. The first kappa shape index (κ1) is 18.7. The van der Waals surface area contributed by atoms with Gasteiger partial charge in [-0.25, -0.2) is 0 Å². The van der Waals surface area contributed by atoms with E-state index >= 15 is 0 Å². The fraction of sp³-hybridized carbons (Fsp3) is 0.300. The van der Waals surface area contributed by atoms with Crippen molar-refractivity contribution in [2.24, 2.45) is 0 Å². The van der Waals surface area contributed by atoms with Gasteiger partial charge in [0.05, 0.1) is 27.0 Å². The van der Waals surface area contributed by atoms with Gasteiger partial charge in [-0.2, -0.15) is 9.78 Å². The van der Waals surface area contributed by atoms with Gasteiger partial charge in [-0.05, 0) is 19.1 Å². The van der Waals surface area contributed by atoms with Crippen molar-refractivity contribution in [3.05, 3.63) is 47.2 Å². The molecule has 9 heteroatoms. The minimum atomic E-state index is -0.233. The van der Waals surface area contributed by atoms with Crippen LogP contribution in [0.2, 0.25) is 0 Å². The molecule has 9 nitrogen and oxygen atoms in total. The second kappa shape index (κ2) is 7.42. The Kier molecular flexibility index (Phi) is 4.79. The van der Waals surface area contributed by atoms with E-state index in [-0.39, 0.29) is 18.2 Å². The molecule has 0 spiro atoms. The molecule has 0 fully saturated rings. The smallest absolute Gasteiger partial charge is 0.233 e. The average Bonchev–Trinajstić information content (AvgIpc) is 3.08. The molecule has 3 heterocycles. The van der Waals surface area contributed by atoms with Gasteiger partial charge in [0, 0.05) is 29.5 Å². The van der Waals surface area contributed by atoms with E-state index in [1.807, 2.05) is 25.1 Å². The van der Waals surface area contributed by atoms with Crippen molar-refractivity contribution in [1.29, 1.82) is 0 Å². The van der Waals surface area contributed by atoms with Crippen molar-refractivity contribution in [2.45, 2.75) is 19.3 Å². The van der Waals surface area contributed by atoms with Crippen LogP contribution in [0.3, 0.4) is 0 Å². The molecule has 3 aromatic rings. The van der Waals surface area contributed by atoms with Gasteiger partial charge >= 0.3 is 0 Å². The van der Waals surface area contributed by atoms with Gasteiger partial charge in [0.2, 0.25) is 11.8 Å². The summed E-state index contributed by atoms with van der Waals surface area (Å²) < 4.78 is 17.7. The number of aryl methyl sites for hydroxylation is 1. The highest BCUT2D eigenvalue weighted by Crippen LogP contribution is 2.45. The van der Waals surface area contributed by atoms with Crippen LogP contribution in [0.4, 0.5) is 5.82 Å². The standard InChI is InChI=1S/C20H21N5O4/c1-11-18-13(12-6-5-7-14(27-2)19(12)29-4)10-16(26)21-20(18)25(24-11)15-8-9-17(28-3)23-22-15/h5-9,13H,10H2,1-4H3,(H,21,26). The Morgan fingerprint density at radius 2 is 1.90 bits per heavy atom. The molecule has 1 N–H and O–H groups in total. The van der Waals surface area contributed by atoms with Crippen LogP contribution in [0.5, 0.6) is 17.4 Å². The fourth-order valence-corrected chi connectivity index (χ4v) is 3.70. The average molecular weight is 395 g/mol. The van der Waals surface area contributed by atoms with Crippen LogP contribution >= 0.6 is 0 Å². The number of benzene rings is 1. The zero-order valence-electron chi connectivity index (χ0n) is 16.6. The maximum Gasteiger partial charge on any atom is 0.233 e. The van der Waals surface area contributed by atoms with Gasteiger partial charge in [-0.1, -0.05) is 12.1 Å². The van der Waals surface area contributed by atoms with Gasteiger partial charge in [-0.15, -0.1) is 10.2 Å². The van der Waals surface area contributed by atoms with Gasteiger partial charge < -0.3 is 19.5 Å². The minimum Gasteiger partial charge on any atom is -0.493 e. The summed E-state index contributed by atoms with van der Waals surface area (Å²) in [5.41, 5.74) is 2.56. The third kappa shape index (κ3) is 3.14. The minimum absolute atomic E-state index is 0.116. The van der Waals surface area contributed by atoms with Gasteiger partial charge in [0.1, 0.15) is 5.82 Å². The lowest BCUT2D eigenvalue weighted by Gasteiger charge is -2.26. The summed E-state index contributed by atoms with van der Waals surface area (Å²) in [6, 6.07) is 9.09. The van der Waals surface area contributed by atoms with E-state index in [1.54, 1.807) is 31.0 Å². The SMILES string of the molecule is COc1ccc(-n2nc(C)c3c2NC(=O)CC3c2cccc(OC)c2OC)nn1. The second-order valence-electron chi connectivity index (χ2n) is 6.58. The summed E-state index contributed by atoms with van der Waals surface area (Å²) >= 11 is 0. The van der Waals surface area contributed by atoms with E-state index in [2.05, 4.69) is 20.6 Å². The molecule has 1 unspecified atom stereocenters. The number of hydrogen-bond acceptors (Lipinski definition) is 7. The predicted molar refractivity (Wildman–Crippen MR) is 105 cm³/mol. The first-order valence-corrected chi connectivity index (χ1v) is 9.05. The highest BCUT2D eigenvalue weighted by molar-refractivity contribution is 5.95. The summed E-state index contributed by atoms with van der Waals surface area (Å²) in [5.74, 6) is 2.33. The number of carbonyl (C=O) groups excluding carboxylic acids is 1. The van der Waals surface area contributed by atoms with Crippen molar-refractivity contribution in [3.63, 3.8) is 0 Å². The molecule has 1 atom stereocenters. The molecular formula is C20H21N5O4. The van der Waals surface area contributed by atoms with Crippen molar-refractivity contribution >= 4 is 11.7 Å². The molecule has 1 amide bonds. The van der Waals surface area contributed by atoms with Crippen molar-refractivity contribution in [1.82, 2.24) is 20.0 Å². The van der Waals surface area contributed by atoms with Crippen LogP contribution in [0.15, 0.2) is 30.3 Å². The molecular weight excluding hydrogens is 374 g/mol. The summed E-state index contributed by atoms with van der Waals surface area (Å²) in [6.45, 7) is 1.91. The number of rotatable bonds is 5. The van der Waals surface area contributed by atoms with Crippen molar-refractivity contribution in [2.75, 3.05) is 26.6 Å². The Balaban J connectivity index is 1.87. The Morgan fingerprint density at radius 3 is 2.55 bits per heavy atom. The number of anilines is 1. The molecule has 1 aliphatic heterocycles. The molecule has 2 aromatic heterocycles. The van der Waals surface area contributed by atoms with Crippen LogP contribution < -0.4 is 19.5 Å². The number of nitrogens with one attached hydrogen (secondary N) is 1. The van der Waals surface area contributed by atoms with Crippen LogP contribution in [0, 0.1) is 6.92 Å². The summed E-state index contributed by atoms with van der Waals surface area (Å²) in [5, 5.41) is 15.7. The molecule has 4 rings (SSSR count). The zero-order valence-corrected chi connectivity index (χ0v) is 16.6. The van der Waals surface area contributed by atoms with E-state index in [0.29, 0.717) is 29.0 Å². The first-order chi connectivity index (χ1) is 14.1. The molecule has 0 saturated heterocycles.